The zero-order valence-corrected chi connectivity index (χ0v) is 11.4. The van der Waals surface area contributed by atoms with E-state index in [0.717, 1.165) is 19.5 Å². The van der Waals surface area contributed by atoms with E-state index in [9.17, 15) is 0 Å². The van der Waals surface area contributed by atoms with Gasteiger partial charge in [0.1, 0.15) is 0 Å². The number of aryl methyl sites for hydroxylation is 1. The van der Waals surface area contributed by atoms with E-state index in [1.54, 1.807) is 0 Å². The van der Waals surface area contributed by atoms with Crippen LogP contribution in [0.2, 0.25) is 0 Å². The fraction of sp³-hybridized carbons (Fsp3) is 0.600. The van der Waals surface area contributed by atoms with Gasteiger partial charge in [-0.15, -0.1) is 0 Å². The topological polar surface area (TPSA) is 3.24 Å². The van der Waals surface area contributed by atoms with Gasteiger partial charge in [0.05, 0.1) is 0 Å². The van der Waals surface area contributed by atoms with Crippen LogP contribution in [-0.4, -0.2) is 25.0 Å². The van der Waals surface area contributed by atoms with E-state index in [4.69, 9.17) is 0 Å². The van der Waals surface area contributed by atoms with E-state index in [1.165, 1.54) is 28.7 Å². The maximum absolute atomic E-state index is 2.36. The summed E-state index contributed by atoms with van der Waals surface area (Å²) in [6, 6.07) is 4.61. The van der Waals surface area contributed by atoms with Crippen molar-refractivity contribution in [3.63, 3.8) is 0 Å². The first-order chi connectivity index (χ1) is 7.60. The highest BCUT2D eigenvalue weighted by Crippen LogP contribution is 2.18. The molecule has 0 saturated carbocycles. The number of rotatable bonds is 5. The van der Waals surface area contributed by atoms with Gasteiger partial charge in [0.15, 0.2) is 0 Å². The van der Waals surface area contributed by atoms with Crippen LogP contribution in [-0.2, 0) is 12.8 Å². The van der Waals surface area contributed by atoms with Crippen LogP contribution < -0.4 is 0 Å². The molecule has 0 aliphatic heterocycles. The smallest absolute Gasteiger partial charge is 0.00188 e. The van der Waals surface area contributed by atoms with Gasteiger partial charge < -0.3 is 4.90 Å². The number of hydrogen-bond acceptors (Lipinski definition) is 1. The van der Waals surface area contributed by atoms with Crippen LogP contribution in [0.25, 0.3) is 0 Å². The Morgan fingerprint density at radius 1 is 1.00 bits per heavy atom. The highest BCUT2D eigenvalue weighted by molar-refractivity contribution is 5.39. The van der Waals surface area contributed by atoms with Crippen molar-refractivity contribution < 1.29 is 0 Å². The monoisotopic (exact) mass is 219 g/mol. The van der Waals surface area contributed by atoms with E-state index in [0.29, 0.717) is 0 Å². The van der Waals surface area contributed by atoms with E-state index in [2.05, 4.69) is 51.8 Å². The summed E-state index contributed by atoms with van der Waals surface area (Å²) in [4.78, 5) is 2.36. The van der Waals surface area contributed by atoms with Crippen LogP contribution >= 0.6 is 0 Å². The Labute approximate surface area is 100 Å². The molecule has 0 amide bonds. The van der Waals surface area contributed by atoms with Crippen molar-refractivity contribution in [2.75, 3.05) is 20.1 Å². The minimum atomic E-state index is 1.13. The Morgan fingerprint density at radius 3 is 2.12 bits per heavy atom. The summed E-state index contributed by atoms with van der Waals surface area (Å²) in [7, 11) is 2.18. The second-order valence-corrected chi connectivity index (χ2v) is 4.63. The van der Waals surface area contributed by atoms with Gasteiger partial charge in [-0.3, -0.25) is 0 Å². The highest BCUT2D eigenvalue weighted by atomic mass is 15.1. The minimum Gasteiger partial charge on any atom is -0.306 e. The van der Waals surface area contributed by atoms with E-state index in [-0.39, 0.29) is 0 Å². The first-order valence-electron chi connectivity index (χ1n) is 6.36. The quantitative estimate of drug-likeness (QED) is 0.734. The summed E-state index contributed by atoms with van der Waals surface area (Å²) in [6.45, 7) is 11.2. The minimum absolute atomic E-state index is 1.13. The predicted octanol–water partition coefficient (Wildman–Crippen LogP) is 3.36. The maximum atomic E-state index is 2.36. The Bertz CT molecular complexity index is 342. The first kappa shape index (κ1) is 13.2. The number of benzene rings is 1. The van der Waals surface area contributed by atoms with Gasteiger partial charge in [-0.2, -0.15) is 0 Å². The van der Waals surface area contributed by atoms with Crippen LogP contribution in [0, 0.1) is 13.8 Å². The normalized spacial score (nSPS) is 11.1. The van der Waals surface area contributed by atoms with Crippen molar-refractivity contribution in [3.8, 4) is 0 Å². The largest absolute Gasteiger partial charge is 0.306 e. The third-order valence-electron chi connectivity index (χ3n) is 3.70. The Kier molecular flexibility index (Phi) is 5.01. The Hall–Kier alpha value is -0.820. The van der Waals surface area contributed by atoms with Crippen molar-refractivity contribution in [1.82, 2.24) is 4.90 Å². The van der Waals surface area contributed by atoms with Gasteiger partial charge in [0.2, 0.25) is 0 Å². The van der Waals surface area contributed by atoms with Crippen molar-refractivity contribution in [2.45, 2.75) is 40.5 Å². The fourth-order valence-electron chi connectivity index (χ4n) is 2.06. The van der Waals surface area contributed by atoms with Gasteiger partial charge >= 0.3 is 0 Å². The summed E-state index contributed by atoms with van der Waals surface area (Å²) in [6.07, 6.45) is 2.31. The molecule has 1 aromatic rings. The SMILES string of the molecule is CCc1ccc(CCN(C)CC)c(C)c1C. The van der Waals surface area contributed by atoms with Crippen LogP contribution in [0.5, 0.6) is 0 Å². The standard InChI is InChI=1S/C15H25N/c1-6-14-8-9-15(13(4)12(14)3)10-11-16(5)7-2/h8-9H,6-7,10-11H2,1-5H3. The fourth-order valence-corrected chi connectivity index (χ4v) is 2.06. The lowest BCUT2D eigenvalue weighted by molar-refractivity contribution is 0.357. The third-order valence-corrected chi connectivity index (χ3v) is 3.70. The average molecular weight is 219 g/mol. The predicted molar refractivity (Wildman–Crippen MR) is 72.2 cm³/mol. The van der Waals surface area contributed by atoms with Crippen LogP contribution in [0.3, 0.4) is 0 Å². The van der Waals surface area contributed by atoms with E-state index >= 15 is 0 Å². The molecule has 0 radical (unpaired) electrons. The molecule has 1 rings (SSSR count). The van der Waals surface area contributed by atoms with E-state index in [1.807, 2.05) is 0 Å². The summed E-state index contributed by atoms with van der Waals surface area (Å²) in [5.74, 6) is 0. The highest BCUT2D eigenvalue weighted by Gasteiger charge is 2.05. The molecule has 1 nitrogen and oxygen atoms in total. The summed E-state index contributed by atoms with van der Waals surface area (Å²) in [5, 5.41) is 0. The molecule has 0 aromatic heterocycles. The van der Waals surface area contributed by atoms with Gasteiger partial charge in [-0.25, -0.2) is 0 Å². The molecule has 0 aliphatic rings. The molecule has 0 heterocycles. The van der Waals surface area contributed by atoms with Crippen molar-refractivity contribution >= 4 is 0 Å². The summed E-state index contributed by atoms with van der Waals surface area (Å²) < 4.78 is 0. The second-order valence-electron chi connectivity index (χ2n) is 4.63. The average Bonchev–Trinajstić information content (AvgIpc) is 2.30. The van der Waals surface area contributed by atoms with Gasteiger partial charge in [-0.05, 0) is 62.5 Å². The molecule has 1 aromatic carbocycles. The van der Waals surface area contributed by atoms with Gasteiger partial charge in [0, 0.05) is 6.54 Å². The van der Waals surface area contributed by atoms with Crippen molar-refractivity contribution in [2.24, 2.45) is 0 Å². The zero-order chi connectivity index (χ0) is 12.1. The number of nitrogens with zero attached hydrogens (tertiary/aromatic N) is 1. The zero-order valence-electron chi connectivity index (χ0n) is 11.4. The lowest BCUT2D eigenvalue weighted by Gasteiger charge is -2.16. The van der Waals surface area contributed by atoms with Gasteiger partial charge in [-0.1, -0.05) is 26.0 Å². The lowest BCUT2D eigenvalue weighted by Crippen LogP contribution is -2.20. The number of hydrogen-bond donors (Lipinski definition) is 0. The van der Waals surface area contributed by atoms with Crippen LogP contribution in [0.1, 0.15) is 36.1 Å². The van der Waals surface area contributed by atoms with Gasteiger partial charge in [0.25, 0.3) is 0 Å². The molecule has 0 aliphatic carbocycles. The molecule has 0 bridgehead atoms. The van der Waals surface area contributed by atoms with Crippen LogP contribution in [0.15, 0.2) is 12.1 Å². The van der Waals surface area contributed by atoms with Crippen molar-refractivity contribution in [1.29, 1.82) is 0 Å². The van der Waals surface area contributed by atoms with Crippen molar-refractivity contribution in [3.05, 3.63) is 34.4 Å². The molecule has 0 spiro atoms. The molecular weight excluding hydrogens is 194 g/mol. The Balaban J connectivity index is 2.78. The lowest BCUT2D eigenvalue weighted by atomic mass is 9.95. The molecular formula is C15H25N. The molecule has 90 valence electrons. The van der Waals surface area contributed by atoms with Crippen LogP contribution in [0.4, 0.5) is 0 Å². The Morgan fingerprint density at radius 2 is 1.56 bits per heavy atom. The summed E-state index contributed by atoms with van der Waals surface area (Å²) in [5.41, 5.74) is 5.98. The molecule has 0 unspecified atom stereocenters. The first-order valence-corrected chi connectivity index (χ1v) is 6.36. The molecule has 0 saturated heterocycles. The third kappa shape index (κ3) is 3.08. The molecule has 16 heavy (non-hydrogen) atoms. The molecule has 1 heteroatoms. The number of likely N-dealkylation sites (N-methyl/N-ethyl adjacent to an activating group) is 1. The maximum Gasteiger partial charge on any atom is 0.00188 e. The second kappa shape index (κ2) is 6.05. The molecule has 0 fully saturated rings. The molecule has 0 N–H and O–H groups in total. The van der Waals surface area contributed by atoms with E-state index < -0.39 is 0 Å². The summed E-state index contributed by atoms with van der Waals surface area (Å²) >= 11 is 0. The molecule has 0 atom stereocenters.